The van der Waals surface area contributed by atoms with Gasteiger partial charge in [0.25, 0.3) is 5.90 Å². The van der Waals surface area contributed by atoms with Crippen molar-refractivity contribution < 1.29 is 28.2 Å². The van der Waals surface area contributed by atoms with E-state index in [4.69, 9.17) is 18.6 Å². The maximum atomic E-state index is 12.5. The fourth-order valence-electron chi connectivity index (χ4n) is 2.89. The first-order chi connectivity index (χ1) is 14.5. The number of nitrogens with zero attached hydrogens (tertiary/aromatic N) is 1. The second-order valence-corrected chi connectivity index (χ2v) is 6.43. The van der Waals surface area contributed by atoms with Crippen molar-refractivity contribution in [2.75, 3.05) is 7.11 Å². The van der Waals surface area contributed by atoms with Gasteiger partial charge in [-0.25, -0.2) is 14.6 Å². The third-order valence-corrected chi connectivity index (χ3v) is 4.41. The van der Waals surface area contributed by atoms with E-state index < -0.39 is 11.9 Å². The van der Waals surface area contributed by atoms with Gasteiger partial charge in [0, 0.05) is 0 Å². The van der Waals surface area contributed by atoms with Crippen molar-refractivity contribution in [1.29, 1.82) is 0 Å². The maximum Gasteiger partial charge on any atom is 0.363 e. The third-order valence-electron chi connectivity index (χ3n) is 4.41. The van der Waals surface area contributed by atoms with Crippen molar-refractivity contribution >= 4 is 23.9 Å². The minimum Gasteiger partial charge on any atom is -0.493 e. The van der Waals surface area contributed by atoms with E-state index >= 15 is 0 Å². The van der Waals surface area contributed by atoms with Crippen LogP contribution >= 0.6 is 0 Å². The number of aryl methyl sites for hydroxylation is 1. The van der Waals surface area contributed by atoms with Gasteiger partial charge in [-0.2, -0.15) is 0 Å². The van der Waals surface area contributed by atoms with E-state index in [1.807, 2.05) is 19.1 Å². The Morgan fingerprint density at radius 1 is 1.07 bits per heavy atom. The molecule has 0 bridgehead atoms. The lowest BCUT2D eigenvalue weighted by Gasteiger charge is -2.11. The van der Waals surface area contributed by atoms with E-state index in [9.17, 15) is 9.59 Å². The minimum atomic E-state index is -0.588. The molecule has 3 aromatic rings. The molecule has 0 radical (unpaired) electrons. The number of ether oxygens (including phenoxy) is 3. The highest BCUT2D eigenvalue weighted by Gasteiger charge is 2.26. The van der Waals surface area contributed by atoms with E-state index in [-0.39, 0.29) is 17.3 Å². The van der Waals surface area contributed by atoms with Crippen molar-refractivity contribution in [3.8, 4) is 11.5 Å². The molecule has 1 aromatic heterocycles. The molecule has 0 saturated heterocycles. The summed E-state index contributed by atoms with van der Waals surface area (Å²) in [7, 11) is 1.47. The number of methoxy groups -OCH3 is 1. The summed E-state index contributed by atoms with van der Waals surface area (Å²) in [6.07, 6.45) is 3.02. The number of carbonyl (C=O) groups excluding carboxylic acids is 2. The van der Waals surface area contributed by atoms with Crippen molar-refractivity contribution in [3.63, 3.8) is 0 Å². The van der Waals surface area contributed by atoms with Gasteiger partial charge in [-0.05, 0) is 54.5 Å². The highest BCUT2D eigenvalue weighted by molar-refractivity contribution is 6.11. The van der Waals surface area contributed by atoms with E-state index in [1.165, 1.54) is 13.4 Å². The predicted molar refractivity (Wildman–Crippen MR) is 108 cm³/mol. The Balaban J connectivity index is 1.58. The molecule has 0 N–H and O–H groups in total. The van der Waals surface area contributed by atoms with Crippen LogP contribution in [0.25, 0.3) is 6.08 Å². The molecule has 1 aliphatic heterocycles. The summed E-state index contributed by atoms with van der Waals surface area (Å²) in [6, 6.07) is 15.4. The summed E-state index contributed by atoms with van der Waals surface area (Å²) in [5.74, 6) is 0.00402. The Bertz CT molecular complexity index is 1170. The highest BCUT2D eigenvalue weighted by Crippen LogP contribution is 2.30. The first kappa shape index (κ1) is 19.2. The Morgan fingerprint density at radius 2 is 1.90 bits per heavy atom. The van der Waals surface area contributed by atoms with Gasteiger partial charge in [0.2, 0.25) is 0 Å². The molecule has 0 unspecified atom stereocenters. The Kier molecular flexibility index (Phi) is 5.17. The van der Waals surface area contributed by atoms with Crippen LogP contribution in [0.3, 0.4) is 0 Å². The summed E-state index contributed by atoms with van der Waals surface area (Å²) in [5.41, 5.74) is 2.03. The van der Waals surface area contributed by atoms with Crippen LogP contribution in [0.5, 0.6) is 11.5 Å². The maximum absolute atomic E-state index is 12.5. The fraction of sp³-hybridized carbons (Fsp3) is 0.0870. The van der Waals surface area contributed by atoms with Crippen molar-refractivity contribution in [2.45, 2.75) is 6.92 Å². The molecule has 0 atom stereocenters. The molecule has 4 rings (SSSR count). The number of carbonyl (C=O) groups is 2. The molecule has 0 aliphatic carbocycles. The molecule has 150 valence electrons. The number of esters is 2. The zero-order chi connectivity index (χ0) is 21.1. The van der Waals surface area contributed by atoms with Crippen molar-refractivity contribution in [2.24, 2.45) is 4.99 Å². The van der Waals surface area contributed by atoms with Gasteiger partial charge in [-0.3, -0.25) is 0 Å². The molecular formula is C23H17NO6. The Morgan fingerprint density at radius 3 is 2.63 bits per heavy atom. The van der Waals surface area contributed by atoms with E-state index in [2.05, 4.69) is 4.99 Å². The van der Waals surface area contributed by atoms with E-state index in [1.54, 1.807) is 48.5 Å². The summed E-state index contributed by atoms with van der Waals surface area (Å²) in [6.45, 7) is 1.83. The second-order valence-electron chi connectivity index (χ2n) is 6.43. The molecule has 30 heavy (non-hydrogen) atoms. The van der Waals surface area contributed by atoms with Crippen molar-refractivity contribution in [1.82, 2.24) is 0 Å². The first-order valence-electron chi connectivity index (χ1n) is 9.07. The zero-order valence-corrected chi connectivity index (χ0v) is 16.2. The van der Waals surface area contributed by atoms with Crippen molar-refractivity contribution in [3.05, 3.63) is 89.0 Å². The SMILES string of the molecule is COc1cc(/C=C2\N=C(c3ccco3)OC2=O)ccc1OC(=O)c1ccccc1C. The summed E-state index contributed by atoms with van der Waals surface area (Å²) >= 11 is 0. The van der Waals surface area contributed by atoms with E-state index in [0.29, 0.717) is 22.6 Å². The van der Waals surface area contributed by atoms with Gasteiger partial charge >= 0.3 is 11.9 Å². The third kappa shape index (κ3) is 3.86. The molecule has 1 aliphatic rings. The van der Waals surface area contributed by atoms with Crippen LogP contribution in [0.1, 0.15) is 27.2 Å². The number of cyclic esters (lactones) is 1. The largest absolute Gasteiger partial charge is 0.493 e. The lowest BCUT2D eigenvalue weighted by atomic mass is 10.1. The number of rotatable bonds is 5. The van der Waals surface area contributed by atoms with Gasteiger partial charge in [0.05, 0.1) is 18.9 Å². The summed E-state index contributed by atoms with van der Waals surface area (Å²) < 4.78 is 21.2. The van der Waals surface area contributed by atoms with Crippen LogP contribution in [-0.2, 0) is 9.53 Å². The Hall–Kier alpha value is -4.13. The molecule has 0 saturated carbocycles. The molecular weight excluding hydrogens is 386 g/mol. The minimum absolute atomic E-state index is 0.104. The van der Waals surface area contributed by atoms with Gasteiger partial charge in [-0.1, -0.05) is 24.3 Å². The van der Waals surface area contributed by atoms with Crippen LogP contribution in [0.2, 0.25) is 0 Å². The molecule has 7 nitrogen and oxygen atoms in total. The summed E-state index contributed by atoms with van der Waals surface area (Å²) in [4.78, 5) is 28.7. The average Bonchev–Trinajstić information content (AvgIpc) is 3.39. The predicted octanol–water partition coefficient (Wildman–Crippen LogP) is 4.16. The lowest BCUT2D eigenvalue weighted by Crippen LogP contribution is -2.10. The Labute approximate surface area is 172 Å². The molecule has 0 spiro atoms. The average molecular weight is 403 g/mol. The van der Waals surface area contributed by atoms with Crippen LogP contribution < -0.4 is 9.47 Å². The number of hydrogen-bond acceptors (Lipinski definition) is 7. The smallest absolute Gasteiger partial charge is 0.363 e. The first-order valence-corrected chi connectivity index (χ1v) is 9.07. The molecule has 7 heteroatoms. The number of furan rings is 1. The van der Waals surface area contributed by atoms with Crippen LogP contribution in [0.15, 0.2) is 76.0 Å². The monoisotopic (exact) mass is 403 g/mol. The van der Waals surface area contributed by atoms with Crippen LogP contribution in [0.4, 0.5) is 0 Å². The zero-order valence-electron chi connectivity index (χ0n) is 16.2. The molecule has 0 amide bonds. The summed E-state index contributed by atoms with van der Waals surface area (Å²) in [5, 5.41) is 0. The quantitative estimate of drug-likeness (QED) is 0.361. The standard InChI is InChI=1S/C23H17NO6/c1-14-6-3-4-7-16(14)22(25)29-18-10-9-15(13-20(18)27-2)12-17-23(26)30-21(24-17)19-8-5-11-28-19/h3-13H,1-2H3/b17-12-. The van der Waals surface area contributed by atoms with Gasteiger partial charge < -0.3 is 18.6 Å². The van der Waals surface area contributed by atoms with Crippen LogP contribution in [0, 0.1) is 6.92 Å². The fourth-order valence-corrected chi connectivity index (χ4v) is 2.89. The molecule has 0 fully saturated rings. The number of aliphatic imine (C=N–C) groups is 1. The molecule has 2 aromatic carbocycles. The van der Waals surface area contributed by atoms with Gasteiger partial charge in [-0.15, -0.1) is 0 Å². The van der Waals surface area contributed by atoms with Gasteiger partial charge in [0.15, 0.2) is 23.0 Å². The van der Waals surface area contributed by atoms with Crippen LogP contribution in [-0.4, -0.2) is 24.9 Å². The van der Waals surface area contributed by atoms with E-state index in [0.717, 1.165) is 5.56 Å². The molecule has 2 heterocycles. The second kappa shape index (κ2) is 8.08. The number of hydrogen-bond donors (Lipinski definition) is 0. The topological polar surface area (TPSA) is 87.3 Å². The number of benzene rings is 2. The normalized spacial score (nSPS) is 14.4. The van der Waals surface area contributed by atoms with Gasteiger partial charge in [0.1, 0.15) is 0 Å². The lowest BCUT2D eigenvalue weighted by molar-refractivity contribution is -0.130. The highest BCUT2D eigenvalue weighted by atomic mass is 16.6.